The monoisotopic (exact) mass is 238 g/mol. The lowest BCUT2D eigenvalue weighted by Gasteiger charge is -2.34. The van der Waals surface area contributed by atoms with E-state index in [0.717, 1.165) is 25.8 Å². The predicted molar refractivity (Wildman–Crippen MR) is 61.6 cm³/mol. The topological polar surface area (TPSA) is 66.6 Å². The van der Waals surface area contributed by atoms with Gasteiger partial charge in [0, 0.05) is 19.2 Å². The van der Waals surface area contributed by atoms with Crippen molar-refractivity contribution in [3.8, 4) is 0 Å². The maximum absolute atomic E-state index is 12.2. The smallest absolute Gasteiger partial charge is 0.309 e. The number of hydrogen-bond acceptors (Lipinski definition) is 4. The van der Waals surface area contributed by atoms with Gasteiger partial charge in [-0.1, -0.05) is 0 Å². The number of carbonyl (C=O) groups is 1. The van der Waals surface area contributed by atoms with Crippen LogP contribution < -0.4 is 0 Å². The number of amides is 1. The minimum Gasteiger partial charge on any atom is -0.438 e. The summed E-state index contributed by atoms with van der Waals surface area (Å²) in [5.74, 6) is 0.646. The minimum absolute atomic E-state index is 0.110. The van der Waals surface area contributed by atoms with Crippen molar-refractivity contribution in [1.82, 2.24) is 9.88 Å². The summed E-state index contributed by atoms with van der Waals surface area (Å²) in [6.07, 6.45) is 5.25. The molecule has 1 saturated heterocycles. The molecule has 1 aliphatic rings. The van der Waals surface area contributed by atoms with Crippen LogP contribution in [0.1, 0.15) is 42.1 Å². The Labute approximate surface area is 100 Å². The summed E-state index contributed by atoms with van der Waals surface area (Å²) in [6, 6.07) is 0.119. The van der Waals surface area contributed by atoms with Crippen molar-refractivity contribution in [3.63, 3.8) is 0 Å². The molecule has 1 aromatic rings. The zero-order valence-corrected chi connectivity index (χ0v) is 10.1. The van der Waals surface area contributed by atoms with Gasteiger partial charge in [0.1, 0.15) is 5.76 Å². The van der Waals surface area contributed by atoms with Gasteiger partial charge in [-0.3, -0.25) is 4.79 Å². The summed E-state index contributed by atoms with van der Waals surface area (Å²) in [5.41, 5.74) is 0. The number of aliphatic hydroxyl groups excluding tert-OH is 1. The van der Waals surface area contributed by atoms with Crippen LogP contribution in [-0.2, 0) is 0 Å². The molecule has 0 saturated carbocycles. The van der Waals surface area contributed by atoms with Crippen molar-refractivity contribution in [3.05, 3.63) is 17.8 Å². The Morgan fingerprint density at radius 2 is 2.47 bits per heavy atom. The van der Waals surface area contributed by atoms with Gasteiger partial charge in [0.2, 0.25) is 0 Å². The van der Waals surface area contributed by atoms with Gasteiger partial charge >= 0.3 is 5.91 Å². The van der Waals surface area contributed by atoms with Gasteiger partial charge in [-0.05, 0) is 32.6 Å². The zero-order valence-electron chi connectivity index (χ0n) is 10.1. The highest BCUT2D eigenvalue weighted by atomic mass is 16.4. The third kappa shape index (κ3) is 2.66. The van der Waals surface area contributed by atoms with Crippen molar-refractivity contribution >= 4 is 5.91 Å². The van der Waals surface area contributed by atoms with Gasteiger partial charge in [-0.25, -0.2) is 4.98 Å². The average Bonchev–Trinajstić information content (AvgIpc) is 2.76. The lowest BCUT2D eigenvalue weighted by atomic mass is 9.99. The maximum atomic E-state index is 12.2. The number of rotatable bonds is 3. The number of piperidine rings is 1. The Balaban J connectivity index is 2.10. The van der Waals surface area contributed by atoms with E-state index < -0.39 is 0 Å². The normalized spacial score (nSPS) is 20.6. The Kier molecular flexibility index (Phi) is 3.78. The molecule has 0 bridgehead atoms. The summed E-state index contributed by atoms with van der Waals surface area (Å²) in [6.45, 7) is 2.61. The number of hydrogen-bond donors (Lipinski definition) is 1. The largest absolute Gasteiger partial charge is 0.438 e. The summed E-state index contributed by atoms with van der Waals surface area (Å²) in [4.78, 5) is 17.9. The van der Waals surface area contributed by atoms with E-state index in [4.69, 9.17) is 9.52 Å². The molecule has 0 aromatic carbocycles. The number of aliphatic hydroxyl groups is 1. The molecule has 17 heavy (non-hydrogen) atoms. The molecule has 1 atom stereocenters. The Morgan fingerprint density at radius 1 is 1.65 bits per heavy atom. The zero-order chi connectivity index (χ0) is 12.3. The van der Waals surface area contributed by atoms with Crippen molar-refractivity contribution in [1.29, 1.82) is 0 Å². The van der Waals surface area contributed by atoms with Gasteiger partial charge < -0.3 is 14.4 Å². The highest BCUT2D eigenvalue weighted by molar-refractivity contribution is 5.90. The number of carbonyl (C=O) groups excluding carboxylic acids is 1. The minimum atomic E-state index is -0.156. The quantitative estimate of drug-likeness (QED) is 0.863. The lowest BCUT2D eigenvalue weighted by Crippen LogP contribution is -2.44. The third-order valence-corrected chi connectivity index (χ3v) is 3.15. The van der Waals surface area contributed by atoms with Gasteiger partial charge in [-0.15, -0.1) is 0 Å². The molecular formula is C12H18N2O3. The summed E-state index contributed by atoms with van der Waals surface area (Å²) < 4.78 is 5.26. The second kappa shape index (κ2) is 5.31. The Morgan fingerprint density at radius 3 is 3.12 bits per heavy atom. The number of aromatic nitrogens is 1. The molecule has 1 N–H and O–H groups in total. The SMILES string of the molecule is Cc1cnc(C(=O)N2CCCCC2CCO)o1. The van der Waals surface area contributed by atoms with Gasteiger partial charge in [-0.2, -0.15) is 0 Å². The van der Waals surface area contributed by atoms with Crippen molar-refractivity contribution < 1.29 is 14.3 Å². The predicted octanol–water partition coefficient (Wildman–Crippen LogP) is 1.36. The molecule has 1 amide bonds. The molecule has 1 unspecified atom stereocenters. The van der Waals surface area contributed by atoms with Crippen molar-refractivity contribution in [2.75, 3.05) is 13.2 Å². The molecule has 0 radical (unpaired) electrons. The van der Waals surface area contributed by atoms with Crippen LogP contribution in [0.15, 0.2) is 10.6 Å². The third-order valence-electron chi connectivity index (χ3n) is 3.15. The van der Waals surface area contributed by atoms with Gasteiger partial charge in [0.25, 0.3) is 5.89 Å². The first-order valence-electron chi connectivity index (χ1n) is 6.06. The van der Waals surface area contributed by atoms with Crippen LogP contribution in [0.3, 0.4) is 0 Å². The van der Waals surface area contributed by atoms with Gasteiger partial charge in [0.15, 0.2) is 0 Å². The van der Waals surface area contributed by atoms with E-state index in [2.05, 4.69) is 4.98 Å². The lowest BCUT2D eigenvalue weighted by molar-refractivity contribution is 0.0533. The van der Waals surface area contributed by atoms with Crippen LogP contribution in [0.4, 0.5) is 0 Å². The van der Waals surface area contributed by atoms with Crippen LogP contribution in [0.25, 0.3) is 0 Å². The highest BCUT2D eigenvalue weighted by Crippen LogP contribution is 2.21. The number of likely N-dealkylation sites (tertiary alicyclic amines) is 1. The summed E-state index contributed by atoms with van der Waals surface area (Å²) in [5, 5.41) is 9.02. The highest BCUT2D eigenvalue weighted by Gasteiger charge is 2.29. The molecular weight excluding hydrogens is 220 g/mol. The molecule has 94 valence electrons. The van der Waals surface area contributed by atoms with Crippen LogP contribution in [0.5, 0.6) is 0 Å². The fourth-order valence-electron chi connectivity index (χ4n) is 2.29. The number of oxazole rings is 1. The molecule has 1 fully saturated rings. The molecule has 1 aromatic heterocycles. The first-order chi connectivity index (χ1) is 8.22. The van der Waals surface area contributed by atoms with E-state index in [-0.39, 0.29) is 24.4 Å². The fraction of sp³-hybridized carbons (Fsp3) is 0.667. The van der Waals surface area contributed by atoms with Crippen molar-refractivity contribution in [2.45, 2.75) is 38.6 Å². The van der Waals surface area contributed by atoms with Crippen molar-refractivity contribution in [2.24, 2.45) is 0 Å². The Bertz CT molecular complexity index is 387. The molecule has 2 rings (SSSR count). The van der Waals surface area contributed by atoms with E-state index in [0.29, 0.717) is 12.2 Å². The van der Waals surface area contributed by atoms with Crippen LogP contribution in [-0.4, -0.2) is 40.1 Å². The molecule has 5 heteroatoms. The molecule has 5 nitrogen and oxygen atoms in total. The van der Waals surface area contributed by atoms with E-state index in [1.807, 2.05) is 0 Å². The molecule has 0 spiro atoms. The van der Waals surface area contributed by atoms with Crippen LogP contribution in [0.2, 0.25) is 0 Å². The summed E-state index contributed by atoms with van der Waals surface area (Å²) >= 11 is 0. The number of nitrogens with zero attached hydrogens (tertiary/aromatic N) is 2. The van der Waals surface area contributed by atoms with Crippen LogP contribution in [0, 0.1) is 6.92 Å². The van der Waals surface area contributed by atoms with Gasteiger partial charge in [0.05, 0.1) is 6.20 Å². The second-order valence-corrected chi connectivity index (χ2v) is 4.44. The van der Waals surface area contributed by atoms with E-state index in [9.17, 15) is 4.79 Å². The number of aryl methyl sites for hydroxylation is 1. The average molecular weight is 238 g/mol. The standard InChI is InChI=1S/C12H18N2O3/c1-9-8-13-11(17-9)12(16)14-6-3-2-4-10(14)5-7-15/h8,10,15H,2-7H2,1H3. The Hall–Kier alpha value is -1.36. The molecule has 2 heterocycles. The maximum Gasteiger partial charge on any atom is 0.309 e. The first kappa shape index (κ1) is 12.1. The van der Waals surface area contributed by atoms with E-state index in [1.165, 1.54) is 0 Å². The van der Waals surface area contributed by atoms with Crippen LogP contribution >= 0.6 is 0 Å². The summed E-state index contributed by atoms with van der Waals surface area (Å²) in [7, 11) is 0. The molecule has 1 aliphatic heterocycles. The van der Waals surface area contributed by atoms with E-state index >= 15 is 0 Å². The second-order valence-electron chi connectivity index (χ2n) is 4.44. The van der Waals surface area contributed by atoms with E-state index in [1.54, 1.807) is 18.0 Å². The fourth-order valence-corrected chi connectivity index (χ4v) is 2.29. The first-order valence-corrected chi connectivity index (χ1v) is 6.06. The molecule has 0 aliphatic carbocycles.